The number of hydrogen-bond donors (Lipinski definition) is 0. The zero-order valence-corrected chi connectivity index (χ0v) is 16.3. The van der Waals surface area contributed by atoms with Gasteiger partial charge in [0, 0.05) is 5.02 Å². The smallest absolute Gasteiger partial charge is 0.327 e. The lowest BCUT2D eigenvalue weighted by molar-refractivity contribution is -0.145. The Morgan fingerprint density at radius 1 is 1.15 bits per heavy atom. The zero-order valence-electron chi connectivity index (χ0n) is 13.9. The summed E-state index contributed by atoms with van der Waals surface area (Å²) in [5, 5.41) is 0.350. The molecule has 0 aliphatic carbocycles. The summed E-state index contributed by atoms with van der Waals surface area (Å²) in [4.78, 5) is 11.9. The summed E-state index contributed by atoms with van der Waals surface area (Å²) >= 11 is 12.0. The third kappa shape index (κ3) is 4.87. The van der Waals surface area contributed by atoms with Gasteiger partial charge in [0.15, 0.2) is 0 Å². The van der Waals surface area contributed by atoms with Crippen molar-refractivity contribution in [3.63, 3.8) is 0 Å². The number of esters is 1. The molecule has 0 N–H and O–H groups in total. The second-order valence-electron chi connectivity index (χ2n) is 5.60. The van der Waals surface area contributed by atoms with Crippen molar-refractivity contribution in [2.75, 3.05) is 10.8 Å². The fraction of sp³-hybridized carbons (Fsp3) is 0.235. The number of ether oxygens (including phenoxy) is 1. The van der Waals surface area contributed by atoms with Crippen LogP contribution in [0, 0.1) is 5.82 Å². The first-order valence-electron chi connectivity index (χ1n) is 7.54. The van der Waals surface area contributed by atoms with Crippen LogP contribution in [0.1, 0.15) is 13.8 Å². The molecule has 26 heavy (non-hydrogen) atoms. The van der Waals surface area contributed by atoms with Gasteiger partial charge < -0.3 is 4.74 Å². The minimum Gasteiger partial charge on any atom is -0.462 e. The van der Waals surface area contributed by atoms with E-state index in [-0.39, 0.29) is 15.6 Å². The molecule has 140 valence electrons. The molecule has 0 heterocycles. The number of anilines is 1. The van der Waals surface area contributed by atoms with E-state index in [4.69, 9.17) is 27.9 Å². The number of carbonyl (C=O) groups is 1. The zero-order chi connectivity index (χ0) is 19.5. The summed E-state index contributed by atoms with van der Waals surface area (Å²) in [6, 6.07) is 8.43. The van der Waals surface area contributed by atoms with E-state index in [0.29, 0.717) is 5.02 Å². The fourth-order valence-corrected chi connectivity index (χ4v) is 4.12. The minimum atomic E-state index is -4.20. The Hall–Kier alpha value is -1.83. The number of benzene rings is 2. The van der Waals surface area contributed by atoms with Gasteiger partial charge in [-0.15, -0.1) is 0 Å². The number of carbonyl (C=O) groups excluding carboxylic acids is 1. The Bertz CT molecular complexity index is 901. The molecule has 0 saturated heterocycles. The average molecular weight is 420 g/mol. The molecule has 0 unspecified atom stereocenters. The second-order valence-corrected chi connectivity index (χ2v) is 8.31. The molecule has 2 aromatic rings. The normalized spacial score (nSPS) is 11.5. The molecule has 0 bridgehead atoms. The first kappa shape index (κ1) is 20.5. The van der Waals surface area contributed by atoms with Crippen LogP contribution in [0.5, 0.6) is 0 Å². The first-order chi connectivity index (χ1) is 12.1. The van der Waals surface area contributed by atoms with Crippen molar-refractivity contribution in [3.05, 3.63) is 58.3 Å². The van der Waals surface area contributed by atoms with Crippen LogP contribution in [-0.2, 0) is 19.6 Å². The van der Waals surface area contributed by atoms with Crippen LogP contribution in [0.2, 0.25) is 10.0 Å². The minimum absolute atomic E-state index is 0.0422. The largest absolute Gasteiger partial charge is 0.462 e. The fourth-order valence-electron chi connectivity index (χ4n) is 2.13. The SMILES string of the molecule is CC(C)OC(=O)CN(c1ccc(Cl)cc1Cl)S(=O)(=O)c1ccc(F)cc1. The molecule has 0 fully saturated rings. The van der Waals surface area contributed by atoms with E-state index in [0.717, 1.165) is 28.6 Å². The first-order valence-corrected chi connectivity index (χ1v) is 9.73. The van der Waals surface area contributed by atoms with Crippen molar-refractivity contribution in [1.82, 2.24) is 0 Å². The van der Waals surface area contributed by atoms with Gasteiger partial charge in [-0.1, -0.05) is 23.2 Å². The summed E-state index contributed by atoms with van der Waals surface area (Å²) in [5.41, 5.74) is 0.0566. The lowest BCUT2D eigenvalue weighted by atomic mass is 10.3. The van der Waals surface area contributed by atoms with Crippen molar-refractivity contribution in [1.29, 1.82) is 0 Å². The van der Waals surface area contributed by atoms with Crippen LogP contribution in [-0.4, -0.2) is 27.0 Å². The van der Waals surface area contributed by atoms with Gasteiger partial charge in [-0.2, -0.15) is 0 Å². The highest BCUT2D eigenvalue weighted by Crippen LogP contribution is 2.32. The topological polar surface area (TPSA) is 63.7 Å². The molecule has 0 saturated carbocycles. The predicted molar refractivity (Wildman–Crippen MR) is 98.6 cm³/mol. The molecule has 2 rings (SSSR count). The van der Waals surface area contributed by atoms with E-state index < -0.39 is 34.5 Å². The number of hydrogen-bond acceptors (Lipinski definition) is 4. The maximum absolute atomic E-state index is 13.1. The van der Waals surface area contributed by atoms with Gasteiger partial charge in [-0.3, -0.25) is 9.10 Å². The summed E-state index contributed by atoms with van der Waals surface area (Å²) < 4.78 is 45.0. The highest BCUT2D eigenvalue weighted by atomic mass is 35.5. The molecule has 0 spiro atoms. The Morgan fingerprint density at radius 3 is 2.31 bits per heavy atom. The van der Waals surface area contributed by atoms with Crippen LogP contribution in [0.25, 0.3) is 0 Å². The Balaban J connectivity index is 2.52. The van der Waals surface area contributed by atoms with Gasteiger partial charge in [0.25, 0.3) is 10.0 Å². The molecule has 0 aromatic heterocycles. The average Bonchev–Trinajstić information content (AvgIpc) is 2.53. The molecule has 0 atom stereocenters. The third-order valence-electron chi connectivity index (χ3n) is 3.22. The number of halogens is 3. The van der Waals surface area contributed by atoms with Gasteiger partial charge in [0.05, 0.1) is 21.7 Å². The molecular weight excluding hydrogens is 404 g/mol. The van der Waals surface area contributed by atoms with E-state index in [1.165, 1.54) is 18.2 Å². The Kier molecular flexibility index (Phi) is 6.49. The number of sulfonamides is 1. The van der Waals surface area contributed by atoms with E-state index >= 15 is 0 Å². The summed E-state index contributed by atoms with van der Waals surface area (Å²) in [7, 11) is -4.20. The second kappa shape index (κ2) is 8.24. The van der Waals surface area contributed by atoms with Crippen molar-refractivity contribution in [2.45, 2.75) is 24.8 Å². The Labute approximate surface area is 161 Å². The van der Waals surface area contributed by atoms with Crippen LogP contribution < -0.4 is 4.31 Å². The Morgan fingerprint density at radius 2 is 1.77 bits per heavy atom. The third-order valence-corrected chi connectivity index (χ3v) is 5.53. The molecule has 0 aliphatic rings. The van der Waals surface area contributed by atoms with Crippen LogP contribution in [0.15, 0.2) is 47.4 Å². The van der Waals surface area contributed by atoms with Gasteiger partial charge in [-0.25, -0.2) is 12.8 Å². The molecule has 9 heteroatoms. The lowest BCUT2D eigenvalue weighted by Crippen LogP contribution is -2.37. The van der Waals surface area contributed by atoms with E-state index in [2.05, 4.69) is 0 Å². The number of rotatable bonds is 6. The maximum Gasteiger partial charge on any atom is 0.327 e. The molecule has 0 aliphatic heterocycles. The molecule has 0 radical (unpaired) electrons. The van der Waals surface area contributed by atoms with E-state index in [1.54, 1.807) is 13.8 Å². The highest BCUT2D eigenvalue weighted by molar-refractivity contribution is 7.92. The highest BCUT2D eigenvalue weighted by Gasteiger charge is 2.29. The van der Waals surface area contributed by atoms with E-state index in [1.807, 2.05) is 0 Å². The van der Waals surface area contributed by atoms with Gasteiger partial charge in [0.1, 0.15) is 12.4 Å². The van der Waals surface area contributed by atoms with E-state index in [9.17, 15) is 17.6 Å². The van der Waals surface area contributed by atoms with Crippen molar-refractivity contribution < 1.29 is 22.3 Å². The quantitative estimate of drug-likeness (QED) is 0.655. The van der Waals surface area contributed by atoms with Crippen LogP contribution in [0.3, 0.4) is 0 Å². The van der Waals surface area contributed by atoms with Gasteiger partial charge >= 0.3 is 5.97 Å². The van der Waals surface area contributed by atoms with Gasteiger partial charge in [-0.05, 0) is 56.3 Å². The number of nitrogens with zero attached hydrogens (tertiary/aromatic N) is 1. The molecular formula is C17H16Cl2FNO4S. The monoisotopic (exact) mass is 419 g/mol. The summed E-state index contributed by atoms with van der Waals surface area (Å²) in [5.74, 6) is -1.34. The molecule has 0 amide bonds. The van der Waals surface area contributed by atoms with Crippen LogP contribution >= 0.6 is 23.2 Å². The standard InChI is InChI=1S/C17H16Cl2FNO4S/c1-11(2)25-17(22)10-21(16-8-3-12(18)9-15(16)19)26(23,24)14-6-4-13(20)5-7-14/h3-9,11H,10H2,1-2H3. The predicted octanol–water partition coefficient (Wildman–Crippen LogP) is 4.28. The van der Waals surface area contributed by atoms with Crippen LogP contribution in [0.4, 0.5) is 10.1 Å². The summed E-state index contributed by atoms with van der Waals surface area (Å²) in [6.45, 7) is 2.69. The summed E-state index contributed by atoms with van der Waals surface area (Å²) in [6.07, 6.45) is -0.418. The lowest BCUT2D eigenvalue weighted by Gasteiger charge is -2.25. The van der Waals surface area contributed by atoms with Crippen molar-refractivity contribution in [3.8, 4) is 0 Å². The van der Waals surface area contributed by atoms with Crippen molar-refractivity contribution >= 4 is 44.9 Å². The van der Waals surface area contributed by atoms with Gasteiger partial charge in [0.2, 0.25) is 0 Å². The molecule has 2 aromatic carbocycles. The van der Waals surface area contributed by atoms with Crippen molar-refractivity contribution in [2.24, 2.45) is 0 Å². The molecule has 5 nitrogen and oxygen atoms in total. The maximum atomic E-state index is 13.1.